The second kappa shape index (κ2) is 9.04. The van der Waals surface area contributed by atoms with E-state index in [4.69, 9.17) is 11.6 Å². The molecule has 1 unspecified atom stereocenters. The molecule has 10 heteroatoms. The van der Waals surface area contributed by atoms with Crippen molar-refractivity contribution in [2.75, 3.05) is 17.1 Å². The van der Waals surface area contributed by atoms with Gasteiger partial charge in [-0.05, 0) is 37.1 Å². The Kier molecular flexibility index (Phi) is 7.18. The number of rotatable bonds is 7. The zero-order valence-electron chi connectivity index (χ0n) is 15.7. The zero-order valence-corrected chi connectivity index (χ0v) is 17.3. The van der Waals surface area contributed by atoms with E-state index >= 15 is 0 Å². The molecule has 158 valence electrons. The topological polar surface area (TPSA) is 66.5 Å². The maximum Gasteiger partial charge on any atom is 0.417 e. The number of hydrogen-bond donors (Lipinski definition) is 1. The Bertz CT molecular complexity index is 966. The standard InChI is InChI=1S/C19H20ClF3N2O3S/c1-13(18(26)24-11-10-14-6-4-3-5-7-14)25(29(2,27)28)15-8-9-17(20)16(12-15)19(21,22)23/h3-9,12-13H,10-11H2,1-2H3,(H,24,26). The number of sulfonamides is 1. The van der Waals surface area contributed by atoms with Crippen molar-refractivity contribution in [1.29, 1.82) is 0 Å². The Labute approximate surface area is 172 Å². The van der Waals surface area contributed by atoms with Gasteiger partial charge >= 0.3 is 6.18 Å². The number of nitrogens with one attached hydrogen (secondary N) is 1. The number of alkyl halides is 3. The van der Waals surface area contributed by atoms with Gasteiger partial charge in [0.05, 0.1) is 22.5 Å². The first-order valence-electron chi connectivity index (χ1n) is 8.59. The van der Waals surface area contributed by atoms with Crippen LogP contribution in [0.3, 0.4) is 0 Å². The van der Waals surface area contributed by atoms with Crippen LogP contribution in [-0.4, -0.2) is 33.2 Å². The molecular formula is C19H20ClF3N2O3S. The van der Waals surface area contributed by atoms with Gasteiger partial charge in [0.15, 0.2) is 0 Å². The predicted molar refractivity (Wildman–Crippen MR) is 106 cm³/mol. The molecular weight excluding hydrogens is 429 g/mol. The van der Waals surface area contributed by atoms with Crippen LogP contribution in [0, 0.1) is 0 Å². The molecule has 0 saturated heterocycles. The molecule has 1 atom stereocenters. The number of benzene rings is 2. The van der Waals surface area contributed by atoms with E-state index in [0.717, 1.165) is 24.0 Å². The number of hydrogen-bond acceptors (Lipinski definition) is 3. The van der Waals surface area contributed by atoms with Gasteiger partial charge in [-0.15, -0.1) is 0 Å². The minimum absolute atomic E-state index is 0.249. The van der Waals surface area contributed by atoms with Gasteiger partial charge in [0.1, 0.15) is 6.04 Å². The molecule has 0 spiro atoms. The summed E-state index contributed by atoms with van der Waals surface area (Å²) in [6, 6.07) is 10.8. The second-order valence-corrected chi connectivity index (χ2v) is 8.69. The van der Waals surface area contributed by atoms with Gasteiger partial charge in [-0.1, -0.05) is 41.9 Å². The summed E-state index contributed by atoms with van der Waals surface area (Å²) in [6.07, 6.45) is -3.42. The van der Waals surface area contributed by atoms with Crippen LogP contribution in [0.15, 0.2) is 48.5 Å². The van der Waals surface area contributed by atoms with Crippen LogP contribution >= 0.6 is 11.6 Å². The first kappa shape index (κ1) is 23.0. The third kappa shape index (κ3) is 6.11. The molecule has 29 heavy (non-hydrogen) atoms. The highest BCUT2D eigenvalue weighted by atomic mass is 35.5. The van der Waals surface area contributed by atoms with Crippen LogP contribution in [0.4, 0.5) is 18.9 Å². The minimum atomic E-state index is -4.77. The Morgan fingerprint density at radius 2 is 1.79 bits per heavy atom. The van der Waals surface area contributed by atoms with Gasteiger partial charge in [0.25, 0.3) is 0 Å². The lowest BCUT2D eigenvalue weighted by Gasteiger charge is -2.29. The van der Waals surface area contributed by atoms with Crippen LogP contribution in [0.25, 0.3) is 0 Å². The lowest BCUT2D eigenvalue weighted by Crippen LogP contribution is -2.48. The molecule has 1 N–H and O–H groups in total. The molecule has 1 amide bonds. The Morgan fingerprint density at radius 1 is 1.17 bits per heavy atom. The molecule has 0 aromatic heterocycles. The highest BCUT2D eigenvalue weighted by Gasteiger charge is 2.36. The van der Waals surface area contributed by atoms with E-state index in [-0.39, 0.29) is 12.2 Å². The fourth-order valence-corrected chi connectivity index (χ4v) is 4.19. The van der Waals surface area contributed by atoms with Gasteiger partial charge in [-0.25, -0.2) is 8.42 Å². The molecule has 0 aliphatic rings. The van der Waals surface area contributed by atoms with Crippen LogP contribution in [0.1, 0.15) is 18.1 Å². The number of carbonyl (C=O) groups is 1. The summed E-state index contributed by atoms with van der Waals surface area (Å²) in [7, 11) is -4.05. The van der Waals surface area contributed by atoms with Crippen LogP contribution in [0.2, 0.25) is 5.02 Å². The number of carbonyl (C=O) groups excluding carboxylic acids is 1. The van der Waals surface area contributed by atoms with Crippen LogP contribution < -0.4 is 9.62 Å². The zero-order chi connectivity index (χ0) is 21.8. The van der Waals surface area contributed by atoms with Crippen molar-refractivity contribution in [3.8, 4) is 0 Å². The van der Waals surface area contributed by atoms with E-state index in [1.54, 1.807) is 0 Å². The van der Waals surface area contributed by atoms with Gasteiger partial charge in [-0.3, -0.25) is 9.10 Å². The summed E-state index contributed by atoms with van der Waals surface area (Å²) in [6.45, 7) is 1.56. The Morgan fingerprint density at radius 3 is 2.34 bits per heavy atom. The molecule has 2 aromatic rings. The van der Waals surface area contributed by atoms with Crippen LogP contribution in [0.5, 0.6) is 0 Å². The molecule has 2 aromatic carbocycles. The summed E-state index contributed by atoms with van der Waals surface area (Å²) in [4.78, 5) is 12.5. The summed E-state index contributed by atoms with van der Waals surface area (Å²) < 4.78 is 64.6. The fourth-order valence-electron chi connectivity index (χ4n) is 2.80. The third-order valence-electron chi connectivity index (χ3n) is 4.15. The fraction of sp³-hybridized carbons (Fsp3) is 0.316. The van der Waals surface area contributed by atoms with Crippen molar-refractivity contribution in [3.63, 3.8) is 0 Å². The molecule has 0 saturated carbocycles. The van der Waals surface area contributed by atoms with E-state index < -0.39 is 38.7 Å². The molecule has 0 radical (unpaired) electrons. The predicted octanol–water partition coefficient (Wildman–Crippen LogP) is 3.87. The van der Waals surface area contributed by atoms with E-state index in [2.05, 4.69) is 5.32 Å². The van der Waals surface area contributed by atoms with Crippen molar-refractivity contribution in [3.05, 3.63) is 64.7 Å². The molecule has 5 nitrogen and oxygen atoms in total. The SMILES string of the molecule is CC(C(=O)NCCc1ccccc1)N(c1ccc(Cl)c(C(F)(F)F)c1)S(C)(=O)=O. The highest BCUT2D eigenvalue weighted by Crippen LogP contribution is 2.37. The summed E-state index contributed by atoms with van der Waals surface area (Å²) in [5.41, 5.74) is -0.495. The first-order valence-corrected chi connectivity index (χ1v) is 10.8. The number of amides is 1. The highest BCUT2D eigenvalue weighted by molar-refractivity contribution is 7.92. The smallest absolute Gasteiger partial charge is 0.354 e. The lowest BCUT2D eigenvalue weighted by atomic mass is 10.1. The Balaban J connectivity index is 2.23. The molecule has 0 heterocycles. The molecule has 0 aliphatic heterocycles. The largest absolute Gasteiger partial charge is 0.417 e. The van der Waals surface area contributed by atoms with Crippen molar-refractivity contribution < 1.29 is 26.4 Å². The molecule has 0 fully saturated rings. The van der Waals surface area contributed by atoms with E-state index in [0.29, 0.717) is 16.8 Å². The monoisotopic (exact) mass is 448 g/mol. The average molecular weight is 449 g/mol. The first-order chi connectivity index (χ1) is 13.4. The van der Waals surface area contributed by atoms with E-state index in [1.807, 2.05) is 30.3 Å². The quantitative estimate of drug-likeness (QED) is 0.699. The Hall–Kier alpha value is -2.26. The summed E-state index contributed by atoms with van der Waals surface area (Å²) >= 11 is 5.60. The third-order valence-corrected chi connectivity index (χ3v) is 5.73. The van der Waals surface area contributed by atoms with E-state index in [9.17, 15) is 26.4 Å². The summed E-state index contributed by atoms with van der Waals surface area (Å²) in [5.74, 6) is -0.630. The molecule has 0 aliphatic carbocycles. The van der Waals surface area contributed by atoms with Gasteiger partial charge < -0.3 is 5.32 Å². The second-order valence-electron chi connectivity index (χ2n) is 6.42. The average Bonchev–Trinajstić information content (AvgIpc) is 2.62. The number of anilines is 1. The van der Waals surface area contributed by atoms with E-state index in [1.165, 1.54) is 6.92 Å². The van der Waals surface area contributed by atoms with Gasteiger partial charge in [-0.2, -0.15) is 13.2 Å². The minimum Gasteiger partial charge on any atom is -0.354 e. The number of nitrogens with zero attached hydrogens (tertiary/aromatic N) is 1. The normalized spacial score (nSPS) is 13.0. The number of halogens is 4. The summed E-state index contributed by atoms with van der Waals surface area (Å²) in [5, 5.41) is 2.06. The van der Waals surface area contributed by atoms with Crippen molar-refractivity contribution in [2.24, 2.45) is 0 Å². The van der Waals surface area contributed by atoms with Gasteiger partial charge in [0.2, 0.25) is 15.9 Å². The van der Waals surface area contributed by atoms with Crippen molar-refractivity contribution >= 4 is 33.2 Å². The van der Waals surface area contributed by atoms with Crippen molar-refractivity contribution in [1.82, 2.24) is 5.32 Å². The lowest BCUT2D eigenvalue weighted by molar-refractivity contribution is -0.137. The molecule has 2 rings (SSSR count). The van der Waals surface area contributed by atoms with Gasteiger partial charge in [0, 0.05) is 6.54 Å². The maximum absolute atomic E-state index is 13.1. The maximum atomic E-state index is 13.1. The van der Waals surface area contributed by atoms with Crippen molar-refractivity contribution in [2.45, 2.75) is 25.6 Å². The molecule has 0 bridgehead atoms. The van der Waals surface area contributed by atoms with Crippen LogP contribution in [-0.2, 0) is 27.4 Å².